The number of hydrogen-bond donors (Lipinski definition) is 3. The molecule has 0 bridgehead atoms. The fourth-order valence-electron chi connectivity index (χ4n) is 3.74. The van der Waals surface area contributed by atoms with Crippen molar-refractivity contribution in [3.8, 4) is 0 Å². The molecule has 6 nitrogen and oxygen atoms in total. The van der Waals surface area contributed by atoms with Crippen LogP contribution in [0.2, 0.25) is 5.02 Å². The topological polar surface area (TPSA) is 78.1 Å². The van der Waals surface area contributed by atoms with Crippen molar-refractivity contribution in [3.05, 3.63) is 63.9 Å². The number of aromatic nitrogens is 2. The van der Waals surface area contributed by atoms with Crippen LogP contribution in [0.15, 0.2) is 36.4 Å². The van der Waals surface area contributed by atoms with Gasteiger partial charge in [0.1, 0.15) is 5.82 Å². The summed E-state index contributed by atoms with van der Waals surface area (Å²) in [6.45, 7) is 3.46. The molecule has 0 saturated carbocycles. The van der Waals surface area contributed by atoms with Crippen LogP contribution >= 0.6 is 24.2 Å². The van der Waals surface area contributed by atoms with Crippen molar-refractivity contribution < 1.29 is 9.59 Å². The standard InChI is InChI=1S/C22H23ClN4O2S/c1-13-10-14(4-6-16(13)22(29)27-8-2-3-9-27)21(28)26-19(12-30)20-24-17-7-5-15(23)11-18(17)25-20/h4-7,10-11,19,30H,2-3,8-9,12H2,1H3,(H,24,25)(H,26,28)/t19-/m0/s1. The molecule has 1 fully saturated rings. The Hall–Kier alpha value is -2.51. The Morgan fingerprint density at radius 3 is 2.70 bits per heavy atom. The zero-order valence-electron chi connectivity index (χ0n) is 16.6. The van der Waals surface area contributed by atoms with Gasteiger partial charge in [-0.25, -0.2) is 4.98 Å². The lowest BCUT2D eigenvalue weighted by Crippen LogP contribution is -2.31. The summed E-state index contributed by atoms with van der Waals surface area (Å²) in [7, 11) is 0. The maximum absolute atomic E-state index is 12.8. The molecule has 1 aliphatic heterocycles. The van der Waals surface area contributed by atoms with Gasteiger partial charge in [-0.2, -0.15) is 12.6 Å². The van der Waals surface area contributed by atoms with E-state index in [-0.39, 0.29) is 11.8 Å². The third-order valence-corrected chi connectivity index (χ3v) is 5.99. The average Bonchev–Trinajstić information content (AvgIpc) is 3.40. The first-order valence-corrected chi connectivity index (χ1v) is 10.9. The van der Waals surface area contributed by atoms with E-state index < -0.39 is 6.04 Å². The molecule has 156 valence electrons. The van der Waals surface area contributed by atoms with Crippen molar-refractivity contribution in [2.24, 2.45) is 0 Å². The van der Waals surface area contributed by atoms with Crippen molar-refractivity contribution >= 4 is 47.1 Å². The number of carbonyl (C=O) groups is 2. The van der Waals surface area contributed by atoms with Gasteiger partial charge in [0.2, 0.25) is 0 Å². The number of carbonyl (C=O) groups excluding carboxylic acids is 2. The second kappa shape index (κ2) is 8.70. The first kappa shape index (κ1) is 20.8. The molecule has 2 N–H and O–H groups in total. The van der Waals surface area contributed by atoms with Crippen LogP contribution in [0.1, 0.15) is 51.0 Å². The van der Waals surface area contributed by atoms with Gasteiger partial charge in [0.15, 0.2) is 0 Å². The highest BCUT2D eigenvalue weighted by molar-refractivity contribution is 7.80. The van der Waals surface area contributed by atoms with Crippen molar-refractivity contribution in [1.82, 2.24) is 20.2 Å². The Morgan fingerprint density at radius 1 is 1.23 bits per heavy atom. The largest absolute Gasteiger partial charge is 0.341 e. The van der Waals surface area contributed by atoms with E-state index in [0.29, 0.717) is 27.7 Å². The molecule has 3 aromatic rings. The zero-order chi connectivity index (χ0) is 21.3. The number of aryl methyl sites for hydroxylation is 1. The Labute approximate surface area is 185 Å². The molecular formula is C22H23ClN4O2S. The summed E-state index contributed by atoms with van der Waals surface area (Å²) >= 11 is 10.4. The SMILES string of the molecule is Cc1cc(C(=O)N[C@@H](CS)c2nc3ccc(Cl)cc3[nH]2)ccc1C(=O)N1CCCC1. The number of fused-ring (bicyclic) bond motifs is 1. The first-order chi connectivity index (χ1) is 14.5. The van der Waals surface area contributed by atoms with Gasteiger partial charge in [-0.3, -0.25) is 9.59 Å². The van der Waals surface area contributed by atoms with Crippen LogP contribution in [0.4, 0.5) is 0 Å². The second-order valence-corrected chi connectivity index (χ2v) is 8.32. The predicted molar refractivity (Wildman–Crippen MR) is 121 cm³/mol. The second-order valence-electron chi connectivity index (χ2n) is 7.52. The number of rotatable bonds is 5. The molecule has 2 amide bonds. The molecule has 8 heteroatoms. The summed E-state index contributed by atoms with van der Waals surface area (Å²) in [4.78, 5) is 35.1. The Kier molecular flexibility index (Phi) is 6.01. The molecule has 0 spiro atoms. The van der Waals surface area contributed by atoms with E-state index in [2.05, 4.69) is 27.9 Å². The number of amides is 2. The van der Waals surface area contributed by atoms with E-state index in [1.54, 1.807) is 30.3 Å². The van der Waals surface area contributed by atoms with Crippen LogP contribution in [-0.2, 0) is 0 Å². The van der Waals surface area contributed by atoms with Gasteiger partial charge in [0.05, 0.1) is 17.1 Å². The zero-order valence-corrected chi connectivity index (χ0v) is 18.3. The lowest BCUT2D eigenvalue weighted by Gasteiger charge is -2.18. The van der Waals surface area contributed by atoms with E-state index in [1.807, 2.05) is 17.9 Å². The minimum Gasteiger partial charge on any atom is -0.341 e. The van der Waals surface area contributed by atoms with Crippen LogP contribution in [0, 0.1) is 6.92 Å². The van der Waals surface area contributed by atoms with Crippen molar-refractivity contribution in [1.29, 1.82) is 0 Å². The quantitative estimate of drug-likeness (QED) is 0.519. The van der Waals surface area contributed by atoms with E-state index in [0.717, 1.165) is 42.5 Å². The highest BCUT2D eigenvalue weighted by Crippen LogP contribution is 2.22. The molecule has 4 rings (SSSR count). The lowest BCUT2D eigenvalue weighted by molar-refractivity contribution is 0.0791. The van der Waals surface area contributed by atoms with E-state index in [1.165, 1.54) is 0 Å². The number of nitrogens with one attached hydrogen (secondary N) is 2. The predicted octanol–water partition coefficient (Wildman–Crippen LogP) is 4.16. The summed E-state index contributed by atoms with van der Waals surface area (Å²) in [5.41, 5.74) is 3.51. The number of hydrogen-bond acceptors (Lipinski definition) is 4. The van der Waals surface area contributed by atoms with Crippen LogP contribution in [0.3, 0.4) is 0 Å². The smallest absolute Gasteiger partial charge is 0.254 e. The highest BCUT2D eigenvalue weighted by Gasteiger charge is 2.22. The van der Waals surface area contributed by atoms with Gasteiger partial charge in [-0.15, -0.1) is 0 Å². The van der Waals surface area contributed by atoms with E-state index in [4.69, 9.17) is 11.6 Å². The van der Waals surface area contributed by atoms with Gasteiger partial charge < -0.3 is 15.2 Å². The normalized spacial score (nSPS) is 14.8. The van der Waals surface area contributed by atoms with Gasteiger partial charge in [-0.1, -0.05) is 11.6 Å². The number of thiol groups is 1. The summed E-state index contributed by atoms with van der Waals surface area (Å²) in [5, 5.41) is 3.58. The van der Waals surface area contributed by atoms with E-state index >= 15 is 0 Å². The molecule has 1 atom stereocenters. The summed E-state index contributed by atoms with van der Waals surface area (Å²) in [6, 6.07) is 10.2. The number of halogens is 1. The van der Waals surface area contributed by atoms with Gasteiger partial charge in [-0.05, 0) is 61.7 Å². The third kappa shape index (κ3) is 4.18. The van der Waals surface area contributed by atoms with Crippen molar-refractivity contribution in [2.45, 2.75) is 25.8 Å². The van der Waals surface area contributed by atoms with Crippen LogP contribution < -0.4 is 5.32 Å². The molecule has 0 aliphatic carbocycles. The molecule has 2 heterocycles. The molecular weight excluding hydrogens is 420 g/mol. The molecule has 1 saturated heterocycles. The minimum atomic E-state index is -0.391. The third-order valence-electron chi connectivity index (χ3n) is 5.39. The first-order valence-electron chi connectivity index (χ1n) is 9.93. The molecule has 2 aromatic carbocycles. The van der Waals surface area contributed by atoms with Crippen molar-refractivity contribution in [3.63, 3.8) is 0 Å². The number of imidazole rings is 1. The average molecular weight is 443 g/mol. The lowest BCUT2D eigenvalue weighted by atomic mass is 10.0. The monoisotopic (exact) mass is 442 g/mol. The Balaban J connectivity index is 1.51. The maximum Gasteiger partial charge on any atom is 0.254 e. The molecule has 1 aliphatic rings. The van der Waals surface area contributed by atoms with Crippen molar-refractivity contribution in [2.75, 3.05) is 18.8 Å². The minimum absolute atomic E-state index is 0.0335. The number of aromatic amines is 1. The van der Waals surface area contributed by atoms with Crippen LogP contribution in [-0.4, -0.2) is 45.5 Å². The van der Waals surface area contributed by atoms with E-state index in [9.17, 15) is 9.59 Å². The van der Waals surface area contributed by atoms with Gasteiger partial charge >= 0.3 is 0 Å². The molecule has 0 radical (unpaired) electrons. The fourth-order valence-corrected chi connectivity index (χ4v) is 4.18. The van der Waals surface area contributed by atoms with Crippen LogP contribution in [0.25, 0.3) is 11.0 Å². The number of H-pyrrole nitrogens is 1. The van der Waals surface area contributed by atoms with Gasteiger partial charge in [0, 0.05) is 35.0 Å². The summed E-state index contributed by atoms with van der Waals surface area (Å²) in [6.07, 6.45) is 2.09. The fraction of sp³-hybridized carbons (Fsp3) is 0.318. The van der Waals surface area contributed by atoms with Crippen LogP contribution in [0.5, 0.6) is 0 Å². The summed E-state index contributed by atoms with van der Waals surface area (Å²) in [5.74, 6) is 0.791. The number of likely N-dealkylation sites (tertiary alicyclic amines) is 1. The Morgan fingerprint density at radius 2 is 2.00 bits per heavy atom. The maximum atomic E-state index is 12.8. The number of nitrogens with zero attached hydrogens (tertiary/aromatic N) is 2. The molecule has 30 heavy (non-hydrogen) atoms. The summed E-state index contributed by atoms with van der Waals surface area (Å²) < 4.78 is 0. The highest BCUT2D eigenvalue weighted by atomic mass is 35.5. The number of benzene rings is 2. The molecule has 1 aromatic heterocycles. The Bertz CT molecular complexity index is 1110. The molecule has 0 unspecified atom stereocenters. The van der Waals surface area contributed by atoms with Gasteiger partial charge in [0.25, 0.3) is 11.8 Å².